The van der Waals surface area contributed by atoms with Gasteiger partial charge in [-0.2, -0.15) is 0 Å². The van der Waals surface area contributed by atoms with Crippen LogP contribution in [-0.2, 0) is 26.1 Å². The minimum Gasteiger partial charge on any atom is -0.381 e. The van der Waals surface area contributed by atoms with Crippen molar-refractivity contribution in [2.45, 2.75) is 31.6 Å². The molecule has 2 aliphatic rings. The number of nitrogens with zero attached hydrogens (tertiary/aromatic N) is 2. The van der Waals surface area contributed by atoms with Crippen molar-refractivity contribution < 1.29 is 14.3 Å². The van der Waals surface area contributed by atoms with Gasteiger partial charge in [-0.15, -0.1) is 0 Å². The van der Waals surface area contributed by atoms with Crippen molar-refractivity contribution in [3.8, 4) is 0 Å². The maximum Gasteiger partial charge on any atom is 0.233 e. The van der Waals surface area contributed by atoms with Crippen molar-refractivity contribution in [3.05, 3.63) is 77.6 Å². The third-order valence-electron chi connectivity index (χ3n) is 7.18. The summed E-state index contributed by atoms with van der Waals surface area (Å²) in [5.41, 5.74) is 3.08. The first-order valence-electron chi connectivity index (χ1n) is 12.0. The molecular weight excluding hydrogens is 412 g/mol. The minimum atomic E-state index is -0.505. The first-order valence-corrected chi connectivity index (χ1v) is 12.0. The van der Waals surface area contributed by atoms with Gasteiger partial charge in [-0.25, -0.2) is 0 Å². The molecule has 2 aromatic carbocycles. The van der Waals surface area contributed by atoms with Gasteiger partial charge in [-0.1, -0.05) is 48.0 Å². The number of hydrogen-bond donors (Lipinski definition) is 0. The minimum absolute atomic E-state index is 0.233. The van der Waals surface area contributed by atoms with E-state index in [2.05, 4.69) is 65.3 Å². The molecule has 1 amide bonds. The Hall–Kier alpha value is -2.76. The zero-order valence-electron chi connectivity index (χ0n) is 19.3. The lowest BCUT2D eigenvalue weighted by Gasteiger charge is -2.40. The van der Waals surface area contributed by atoms with Gasteiger partial charge in [0.2, 0.25) is 5.91 Å². The van der Waals surface area contributed by atoms with E-state index in [1.807, 2.05) is 12.4 Å². The number of aryl methyl sites for hydroxylation is 1. The Morgan fingerprint density at radius 3 is 2.79 bits per heavy atom. The summed E-state index contributed by atoms with van der Waals surface area (Å²) in [6.07, 6.45) is 6.08. The summed E-state index contributed by atoms with van der Waals surface area (Å²) < 4.78 is 11.6. The summed E-state index contributed by atoms with van der Waals surface area (Å²) >= 11 is 0. The van der Waals surface area contributed by atoms with Crippen molar-refractivity contribution in [2.75, 3.05) is 39.5 Å². The van der Waals surface area contributed by atoms with Crippen LogP contribution in [0.15, 0.2) is 60.9 Å². The Labute approximate surface area is 195 Å². The summed E-state index contributed by atoms with van der Waals surface area (Å²) in [5.74, 6) is 0.502. The fraction of sp³-hybridized carbons (Fsp3) is 0.429. The summed E-state index contributed by atoms with van der Waals surface area (Å²) in [7, 11) is 0. The zero-order valence-corrected chi connectivity index (χ0v) is 19.3. The SMILES string of the molecule is Cc1cccc(C2(C(=O)N3CCOC[C@H](Cc4ccc5cnccc5c4)C3)CCOCC2)c1. The van der Waals surface area contributed by atoms with Crippen LogP contribution < -0.4 is 0 Å². The van der Waals surface area contributed by atoms with E-state index in [1.54, 1.807) is 0 Å². The van der Waals surface area contributed by atoms with E-state index in [4.69, 9.17) is 9.47 Å². The summed E-state index contributed by atoms with van der Waals surface area (Å²) in [6, 6.07) is 17.1. The molecule has 0 unspecified atom stereocenters. The molecule has 0 aliphatic carbocycles. The van der Waals surface area contributed by atoms with Crippen LogP contribution in [0.5, 0.6) is 0 Å². The maximum absolute atomic E-state index is 14.1. The normalized spacial score (nSPS) is 21.0. The van der Waals surface area contributed by atoms with Gasteiger partial charge in [0.25, 0.3) is 0 Å². The first-order chi connectivity index (χ1) is 16.1. The number of carbonyl (C=O) groups excluding carboxylic acids is 1. The molecule has 172 valence electrons. The van der Waals surface area contributed by atoms with E-state index in [9.17, 15) is 4.79 Å². The Kier molecular flexibility index (Phi) is 6.43. The standard InChI is InChI=1S/C28H32N2O3/c1-21-3-2-4-26(15-21)28(8-12-32-13-9-28)27(31)30-11-14-33-20-23(19-30)16-22-5-6-25-18-29-10-7-24(25)17-22/h2-7,10,15,17-18,23H,8-9,11-14,16,19-20H2,1H3/t23-/m1/s1. The third-order valence-corrected chi connectivity index (χ3v) is 7.18. The van der Waals surface area contributed by atoms with E-state index >= 15 is 0 Å². The molecule has 0 radical (unpaired) electrons. The first kappa shape index (κ1) is 22.1. The number of aromatic nitrogens is 1. The van der Waals surface area contributed by atoms with E-state index in [0.29, 0.717) is 33.0 Å². The van der Waals surface area contributed by atoms with Crippen LogP contribution >= 0.6 is 0 Å². The fourth-order valence-corrected chi connectivity index (χ4v) is 5.37. The molecule has 2 saturated heterocycles. The molecule has 0 bridgehead atoms. The molecule has 33 heavy (non-hydrogen) atoms. The van der Waals surface area contributed by atoms with Crippen molar-refractivity contribution in [1.29, 1.82) is 0 Å². The largest absolute Gasteiger partial charge is 0.381 e. The number of amides is 1. The molecule has 3 aromatic rings. The van der Waals surface area contributed by atoms with Gasteiger partial charge in [0, 0.05) is 50.0 Å². The molecular formula is C28H32N2O3. The zero-order chi connectivity index (χ0) is 22.7. The lowest BCUT2D eigenvalue weighted by Crippen LogP contribution is -2.51. The highest BCUT2D eigenvalue weighted by Gasteiger charge is 2.44. The quantitative estimate of drug-likeness (QED) is 0.602. The average Bonchev–Trinajstić information content (AvgIpc) is 3.09. The van der Waals surface area contributed by atoms with Gasteiger partial charge >= 0.3 is 0 Å². The molecule has 0 spiro atoms. The lowest BCUT2D eigenvalue weighted by molar-refractivity contribution is -0.141. The van der Waals surface area contributed by atoms with Crippen LogP contribution in [-0.4, -0.2) is 55.3 Å². The van der Waals surface area contributed by atoms with Crippen molar-refractivity contribution >= 4 is 16.7 Å². The van der Waals surface area contributed by atoms with E-state index in [1.165, 1.54) is 16.5 Å². The highest BCUT2D eigenvalue weighted by atomic mass is 16.5. The fourth-order valence-electron chi connectivity index (χ4n) is 5.37. The molecule has 5 rings (SSSR count). The number of pyridine rings is 1. The molecule has 3 heterocycles. The van der Waals surface area contributed by atoms with Gasteiger partial charge in [-0.3, -0.25) is 9.78 Å². The third kappa shape index (κ3) is 4.66. The van der Waals surface area contributed by atoms with Gasteiger partial charge < -0.3 is 14.4 Å². The second kappa shape index (κ2) is 9.62. The van der Waals surface area contributed by atoms with Crippen molar-refractivity contribution in [1.82, 2.24) is 9.88 Å². The molecule has 2 aliphatic heterocycles. The predicted molar refractivity (Wildman–Crippen MR) is 129 cm³/mol. The number of fused-ring (bicyclic) bond motifs is 1. The molecule has 1 atom stereocenters. The van der Waals surface area contributed by atoms with Crippen LogP contribution in [0.1, 0.15) is 29.5 Å². The van der Waals surface area contributed by atoms with Gasteiger partial charge in [0.05, 0.1) is 18.6 Å². The summed E-state index contributed by atoms with van der Waals surface area (Å²) in [6.45, 7) is 5.98. The number of carbonyl (C=O) groups is 1. The topological polar surface area (TPSA) is 51.7 Å². The van der Waals surface area contributed by atoms with Gasteiger partial charge in [0.1, 0.15) is 0 Å². The summed E-state index contributed by atoms with van der Waals surface area (Å²) in [4.78, 5) is 20.4. The van der Waals surface area contributed by atoms with Crippen LogP contribution in [0, 0.1) is 12.8 Å². The monoisotopic (exact) mass is 444 g/mol. The molecule has 0 N–H and O–H groups in total. The molecule has 2 fully saturated rings. The number of hydrogen-bond acceptors (Lipinski definition) is 4. The Morgan fingerprint density at radius 1 is 1.06 bits per heavy atom. The Balaban J connectivity index is 1.38. The molecule has 1 aromatic heterocycles. The second-order valence-electron chi connectivity index (χ2n) is 9.52. The van der Waals surface area contributed by atoms with Crippen LogP contribution in [0.25, 0.3) is 10.8 Å². The maximum atomic E-state index is 14.1. The smallest absolute Gasteiger partial charge is 0.233 e. The van der Waals surface area contributed by atoms with Crippen LogP contribution in [0.4, 0.5) is 0 Å². The van der Waals surface area contributed by atoms with E-state index in [0.717, 1.165) is 36.8 Å². The highest BCUT2D eigenvalue weighted by Crippen LogP contribution is 2.37. The van der Waals surface area contributed by atoms with Crippen LogP contribution in [0.3, 0.4) is 0 Å². The predicted octanol–water partition coefficient (Wildman–Crippen LogP) is 4.31. The van der Waals surface area contributed by atoms with Crippen molar-refractivity contribution in [3.63, 3.8) is 0 Å². The highest BCUT2D eigenvalue weighted by molar-refractivity contribution is 5.88. The number of rotatable bonds is 4. The summed E-state index contributed by atoms with van der Waals surface area (Å²) in [5, 5.41) is 2.35. The lowest BCUT2D eigenvalue weighted by atomic mass is 9.72. The van der Waals surface area contributed by atoms with Gasteiger partial charge in [0.15, 0.2) is 0 Å². The number of ether oxygens (including phenoxy) is 2. The van der Waals surface area contributed by atoms with E-state index < -0.39 is 5.41 Å². The number of benzene rings is 2. The van der Waals surface area contributed by atoms with E-state index in [-0.39, 0.29) is 11.8 Å². The molecule has 5 nitrogen and oxygen atoms in total. The van der Waals surface area contributed by atoms with Crippen LogP contribution in [0.2, 0.25) is 0 Å². The Morgan fingerprint density at radius 2 is 1.94 bits per heavy atom. The van der Waals surface area contributed by atoms with Gasteiger partial charge in [-0.05, 0) is 48.8 Å². The molecule has 5 heteroatoms. The Bertz CT molecular complexity index is 1120. The van der Waals surface area contributed by atoms with Crippen molar-refractivity contribution in [2.24, 2.45) is 5.92 Å². The molecule has 0 saturated carbocycles. The average molecular weight is 445 g/mol. The second-order valence-corrected chi connectivity index (χ2v) is 9.52.